The van der Waals surface area contributed by atoms with Crippen molar-refractivity contribution in [2.24, 2.45) is 0 Å². The van der Waals surface area contributed by atoms with Crippen molar-refractivity contribution in [1.29, 1.82) is 0 Å². The van der Waals surface area contributed by atoms with Crippen LogP contribution in [0.1, 0.15) is 23.3 Å². The lowest BCUT2D eigenvalue weighted by atomic mass is 10.0. The molecular formula is C17H18O2S. The molecule has 0 heterocycles. The van der Waals surface area contributed by atoms with Crippen LogP contribution >= 0.6 is 11.8 Å². The van der Waals surface area contributed by atoms with Crippen LogP contribution in [0, 0.1) is 0 Å². The van der Waals surface area contributed by atoms with Gasteiger partial charge in [0.05, 0.1) is 12.4 Å². The molecule has 0 N–H and O–H groups in total. The van der Waals surface area contributed by atoms with Gasteiger partial charge in [-0.25, -0.2) is 0 Å². The maximum Gasteiger partial charge on any atom is 0.318 e. The predicted molar refractivity (Wildman–Crippen MR) is 83.8 cm³/mol. The molecule has 2 aromatic carbocycles. The van der Waals surface area contributed by atoms with Gasteiger partial charge in [0.25, 0.3) is 0 Å². The van der Waals surface area contributed by atoms with E-state index in [1.54, 1.807) is 11.8 Å². The second kappa shape index (κ2) is 7.15. The Labute approximate surface area is 124 Å². The van der Waals surface area contributed by atoms with Gasteiger partial charge in [0.1, 0.15) is 5.25 Å². The van der Waals surface area contributed by atoms with Crippen LogP contribution in [0.25, 0.3) is 0 Å². The molecule has 2 nitrogen and oxygen atoms in total. The monoisotopic (exact) mass is 286 g/mol. The van der Waals surface area contributed by atoms with Gasteiger partial charge in [-0.3, -0.25) is 4.79 Å². The quantitative estimate of drug-likeness (QED) is 0.775. The summed E-state index contributed by atoms with van der Waals surface area (Å²) in [5, 5.41) is -0.0723. The van der Waals surface area contributed by atoms with Crippen molar-refractivity contribution in [3.05, 3.63) is 71.8 Å². The summed E-state index contributed by atoms with van der Waals surface area (Å²) in [4.78, 5) is 11.7. The van der Waals surface area contributed by atoms with Crippen molar-refractivity contribution >= 4 is 17.7 Å². The average Bonchev–Trinajstić information content (AvgIpc) is 2.53. The molecule has 0 aliphatic carbocycles. The maximum absolute atomic E-state index is 11.7. The molecule has 0 spiro atoms. The number of hydrogen-bond donors (Lipinski definition) is 0. The van der Waals surface area contributed by atoms with Crippen LogP contribution in [0.4, 0.5) is 0 Å². The summed E-state index contributed by atoms with van der Waals surface area (Å²) < 4.78 is 4.82. The zero-order chi connectivity index (χ0) is 14.4. The molecule has 0 saturated carbocycles. The summed E-state index contributed by atoms with van der Waals surface area (Å²) in [5.74, 6) is -0.188. The van der Waals surface area contributed by atoms with E-state index < -0.39 is 0 Å². The largest absolute Gasteiger partial charge is 0.468 e. The molecule has 0 saturated heterocycles. The number of carbonyl (C=O) groups excluding carboxylic acids is 1. The number of ether oxygens (including phenoxy) is 1. The third-order valence-electron chi connectivity index (χ3n) is 3.08. The Balaban J connectivity index is 2.28. The van der Waals surface area contributed by atoms with Crippen LogP contribution in [0.3, 0.4) is 0 Å². The van der Waals surface area contributed by atoms with Crippen molar-refractivity contribution < 1.29 is 9.53 Å². The fourth-order valence-corrected chi connectivity index (χ4v) is 3.28. The van der Waals surface area contributed by atoms with E-state index in [9.17, 15) is 4.79 Å². The summed E-state index contributed by atoms with van der Waals surface area (Å²) in [5.41, 5.74) is 2.39. The van der Waals surface area contributed by atoms with Crippen LogP contribution < -0.4 is 0 Å². The fraction of sp³-hybridized carbons (Fsp3) is 0.235. The van der Waals surface area contributed by atoms with E-state index in [-0.39, 0.29) is 16.5 Å². The number of methoxy groups -OCH3 is 1. The van der Waals surface area contributed by atoms with Crippen LogP contribution in [0.15, 0.2) is 60.7 Å². The van der Waals surface area contributed by atoms with Gasteiger partial charge in [-0.1, -0.05) is 60.7 Å². The van der Waals surface area contributed by atoms with E-state index in [0.29, 0.717) is 0 Å². The molecule has 104 valence electrons. The normalized spacial score (nSPS) is 12.2. The molecule has 2 rings (SSSR count). The number of rotatable bonds is 5. The second-order valence-electron chi connectivity index (χ2n) is 4.50. The van der Waals surface area contributed by atoms with Gasteiger partial charge in [0.15, 0.2) is 0 Å². The highest BCUT2D eigenvalue weighted by Crippen LogP contribution is 2.38. The minimum absolute atomic E-state index is 0.131. The molecule has 0 radical (unpaired) electrons. The fourth-order valence-electron chi connectivity index (χ4n) is 2.03. The Morgan fingerprint density at radius 2 is 1.40 bits per heavy atom. The van der Waals surface area contributed by atoms with E-state index in [1.807, 2.05) is 43.3 Å². The van der Waals surface area contributed by atoms with E-state index in [1.165, 1.54) is 18.2 Å². The highest BCUT2D eigenvalue weighted by molar-refractivity contribution is 8.01. The Bertz CT molecular complexity index is 500. The van der Waals surface area contributed by atoms with Gasteiger partial charge in [-0.2, -0.15) is 0 Å². The van der Waals surface area contributed by atoms with Crippen molar-refractivity contribution in [1.82, 2.24) is 0 Å². The van der Waals surface area contributed by atoms with E-state index in [0.717, 1.165) is 0 Å². The summed E-state index contributed by atoms with van der Waals surface area (Å²) in [7, 11) is 1.43. The molecule has 0 amide bonds. The molecular weight excluding hydrogens is 268 g/mol. The first-order valence-corrected chi connectivity index (χ1v) is 7.50. The van der Waals surface area contributed by atoms with Crippen LogP contribution in [-0.4, -0.2) is 18.3 Å². The molecule has 1 atom stereocenters. The van der Waals surface area contributed by atoms with Crippen LogP contribution in [0.2, 0.25) is 0 Å². The lowest BCUT2D eigenvalue weighted by Crippen LogP contribution is -2.16. The van der Waals surface area contributed by atoms with Gasteiger partial charge in [0, 0.05) is 0 Å². The third-order valence-corrected chi connectivity index (χ3v) is 4.50. The Morgan fingerprint density at radius 1 is 0.950 bits per heavy atom. The zero-order valence-corrected chi connectivity index (χ0v) is 12.5. The average molecular weight is 286 g/mol. The molecule has 0 aliphatic heterocycles. The molecule has 0 bridgehead atoms. The van der Waals surface area contributed by atoms with E-state index in [2.05, 4.69) is 24.3 Å². The van der Waals surface area contributed by atoms with Crippen molar-refractivity contribution in [3.8, 4) is 0 Å². The predicted octanol–water partition coefficient (Wildman–Crippen LogP) is 4.07. The highest BCUT2D eigenvalue weighted by Gasteiger charge is 2.22. The summed E-state index contributed by atoms with van der Waals surface area (Å²) in [6.45, 7) is 1.88. The van der Waals surface area contributed by atoms with Crippen molar-refractivity contribution in [2.75, 3.05) is 7.11 Å². The minimum Gasteiger partial charge on any atom is -0.468 e. The molecule has 2 aromatic rings. The van der Waals surface area contributed by atoms with Crippen molar-refractivity contribution in [3.63, 3.8) is 0 Å². The van der Waals surface area contributed by atoms with E-state index in [4.69, 9.17) is 4.74 Å². The molecule has 3 heteroatoms. The number of benzene rings is 2. The Hall–Kier alpha value is -1.74. The van der Waals surface area contributed by atoms with Gasteiger partial charge >= 0.3 is 5.97 Å². The first kappa shape index (κ1) is 14.7. The Kier molecular flexibility index (Phi) is 5.24. The topological polar surface area (TPSA) is 26.3 Å². The van der Waals surface area contributed by atoms with Crippen LogP contribution in [-0.2, 0) is 9.53 Å². The zero-order valence-electron chi connectivity index (χ0n) is 11.7. The summed E-state index contributed by atoms with van der Waals surface area (Å²) >= 11 is 1.61. The number of thioether (sulfide) groups is 1. The molecule has 0 aromatic heterocycles. The van der Waals surface area contributed by atoms with E-state index >= 15 is 0 Å². The standard InChI is InChI=1S/C17H18O2S/c1-13(17(18)19-2)20-16(14-9-5-3-6-10-14)15-11-7-4-8-12-15/h3-13,16H,1-2H3. The van der Waals surface area contributed by atoms with Gasteiger partial charge < -0.3 is 4.74 Å². The minimum atomic E-state index is -0.203. The number of esters is 1. The van der Waals surface area contributed by atoms with Gasteiger partial charge in [0.2, 0.25) is 0 Å². The summed E-state index contributed by atoms with van der Waals surface area (Å²) in [6.07, 6.45) is 0. The number of hydrogen-bond acceptors (Lipinski definition) is 3. The number of carbonyl (C=O) groups is 1. The smallest absolute Gasteiger partial charge is 0.318 e. The lowest BCUT2D eigenvalue weighted by molar-refractivity contribution is -0.139. The third kappa shape index (κ3) is 3.64. The molecule has 1 unspecified atom stereocenters. The SMILES string of the molecule is COC(=O)C(C)SC(c1ccccc1)c1ccccc1. The molecule has 20 heavy (non-hydrogen) atoms. The molecule has 0 aliphatic rings. The second-order valence-corrected chi connectivity index (χ2v) is 5.95. The lowest BCUT2D eigenvalue weighted by Gasteiger charge is -2.20. The first-order chi connectivity index (χ1) is 9.72. The molecule has 0 fully saturated rings. The van der Waals surface area contributed by atoms with Gasteiger partial charge in [-0.15, -0.1) is 11.8 Å². The van der Waals surface area contributed by atoms with Gasteiger partial charge in [-0.05, 0) is 18.1 Å². The first-order valence-electron chi connectivity index (χ1n) is 6.55. The maximum atomic E-state index is 11.7. The van der Waals surface area contributed by atoms with Crippen LogP contribution in [0.5, 0.6) is 0 Å². The Morgan fingerprint density at radius 3 is 1.80 bits per heavy atom. The highest BCUT2D eigenvalue weighted by atomic mass is 32.2. The van der Waals surface area contributed by atoms with Crippen molar-refractivity contribution in [2.45, 2.75) is 17.4 Å². The summed E-state index contributed by atoms with van der Waals surface area (Å²) in [6, 6.07) is 20.5.